The molecule has 0 radical (unpaired) electrons. The first kappa shape index (κ1) is 40.9. The third-order valence-electron chi connectivity index (χ3n) is 17.2. The zero-order valence-electron chi connectivity index (χ0n) is 34.4. The van der Waals surface area contributed by atoms with Crippen LogP contribution in [0.3, 0.4) is 0 Å². The average Bonchev–Trinajstić information content (AvgIpc) is 3.82. The molecule has 0 spiro atoms. The fraction of sp³-hybridized carbons (Fsp3) is 0.840. The van der Waals surface area contributed by atoms with Crippen molar-refractivity contribution in [2.24, 2.45) is 71.0 Å². The van der Waals surface area contributed by atoms with Gasteiger partial charge in [-0.3, -0.25) is 0 Å². The highest BCUT2D eigenvalue weighted by molar-refractivity contribution is 5.32. The van der Waals surface area contributed by atoms with Crippen molar-refractivity contribution < 1.29 is 18.3 Å². The summed E-state index contributed by atoms with van der Waals surface area (Å²) in [6.45, 7) is 9.37. The van der Waals surface area contributed by atoms with E-state index >= 15 is 0 Å². The number of alkyl halides is 3. The van der Waals surface area contributed by atoms with Gasteiger partial charge in [-0.25, -0.2) is 0 Å². The molecule has 1 nitrogen and oxygen atoms in total. The van der Waals surface area contributed by atoms with Gasteiger partial charge in [-0.05, 0) is 182 Å². The molecule has 12 atom stereocenters. The van der Waals surface area contributed by atoms with E-state index in [-0.39, 0.29) is 24.4 Å². The summed E-state index contributed by atoms with van der Waals surface area (Å²) in [5.41, 5.74) is 6.22. The Morgan fingerprint density at radius 2 is 1.61 bits per heavy atom. The van der Waals surface area contributed by atoms with Gasteiger partial charge >= 0.3 is 6.18 Å². The number of rotatable bonds is 10. The zero-order chi connectivity index (χ0) is 37.8. The normalized spacial score (nSPS) is 40.6. The summed E-state index contributed by atoms with van der Waals surface area (Å²) in [4.78, 5) is 0. The van der Waals surface area contributed by atoms with Crippen LogP contribution in [0.5, 0.6) is 0 Å². The smallest absolute Gasteiger partial charge is 0.392 e. The Balaban J connectivity index is 0.896. The number of allylic oxidation sites excluding steroid dienone is 7. The van der Waals surface area contributed by atoms with Crippen LogP contribution in [0, 0.1) is 71.0 Å². The van der Waals surface area contributed by atoms with Crippen molar-refractivity contribution in [2.75, 3.05) is 0 Å². The van der Waals surface area contributed by atoms with Crippen LogP contribution in [0.2, 0.25) is 0 Å². The van der Waals surface area contributed by atoms with Crippen molar-refractivity contribution in [3.63, 3.8) is 0 Å². The van der Waals surface area contributed by atoms with Crippen molar-refractivity contribution in [3.8, 4) is 0 Å². The van der Waals surface area contributed by atoms with Crippen molar-refractivity contribution in [3.05, 3.63) is 47.1 Å². The van der Waals surface area contributed by atoms with E-state index < -0.39 is 12.1 Å². The van der Waals surface area contributed by atoms with Gasteiger partial charge in [-0.15, -0.1) is 0 Å². The molecule has 0 aromatic rings. The molecule has 0 bridgehead atoms. The maximum absolute atomic E-state index is 14.4. The molecule has 304 valence electrons. The molecule has 0 aromatic carbocycles. The lowest BCUT2D eigenvalue weighted by atomic mass is 9.62. The van der Waals surface area contributed by atoms with Gasteiger partial charge in [0, 0.05) is 5.92 Å². The molecule has 7 aliphatic rings. The minimum atomic E-state index is -4.12. The number of halogens is 3. The second-order valence-electron chi connectivity index (χ2n) is 20.4. The lowest BCUT2D eigenvalue weighted by Crippen LogP contribution is -2.37. The first-order chi connectivity index (χ1) is 26.1. The van der Waals surface area contributed by atoms with E-state index in [0.29, 0.717) is 30.6 Å². The molecule has 0 aromatic heterocycles. The summed E-state index contributed by atoms with van der Waals surface area (Å²) in [5, 5.41) is 11.6. The fourth-order valence-electron chi connectivity index (χ4n) is 13.7. The van der Waals surface area contributed by atoms with Crippen molar-refractivity contribution in [1.82, 2.24) is 0 Å². The summed E-state index contributed by atoms with van der Waals surface area (Å²) < 4.78 is 43.3. The van der Waals surface area contributed by atoms with Gasteiger partial charge < -0.3 is 5.11 Å². The lowest BCUT2D eigenvalue weighted by molar-refractivity contribution is -0.200. The van der Waals surface area contributed by atoms with E-state index in [1.54, 1.807) is 11.1 Å². The Hall–Kier alpha value is -1.29. The minimum absolute atomic E-state index is 0.137. The molecule has 7 rings (SSSR count). The van der Waals surface area contributed by atoms with Crippen LogP contribution in [-0.2, 0) is 0 Å². The maximum atomic E-state index is 14.4. The van der Waals surface area contributed by atoms with Crippen molar-refractivity contribution >= 4 is 0 Å². The van der Waals surface area contributed by atoms with Crippen molar-refractivity contribution in [1.29, 1.82) is 0 Å². The SMILES string of the molecule is C=C1CC2CC(C3CC(C(O)CCCC4CCC(CC=C5CCCC(=CC)CC5)C(C(F)(F)F)C4)CCC3C)CCC3=CC3C2CCC1CC1CCCC1. The summed E-state index contributed by atoms with van der Waals surface area (Å²) in [7, 11) is 0. The molecule has 1 N–H and O–H groups in total. The predicted molar refractivity (Wildman–Crippen MR) is 219 cm³/mol. The Morgan fingerprint density at radius 1 is 0.815 bits per heavy atom. The van der Waals surface area contributed by atoms with E-state index in [0.717, 1.165) is 106 Å². The highest BCUT2D eigenvalue weighted by Gasteiger charge is 2.48. The minimum Gasteiger partial charge on any atom is -0.393 e. The van der Waals surface area contributed by atoms with E-state index in [2.05, 4.69) is 32.1 Å². The first-order valence-electron chi connectivity index (χ1n) is 23.5. The largest absolute Gasteiger partial charge is 0.393 e. The molecule has 0 aliphatic heterocycles. The molecule has 0 heterocycles. The number of hydrogen-bond donors (Lipinski definition) is 1. The van der Waals surface area contributed by atoms with Crippen LogP contribution in [0.15, 0.2) is 47.1 Å². The second kappa shape index (κ2) is 18.5. The van der Waals surface area contributed by atoms with Gasteiger partial charge in [0.1, 0.15) is 0 Å². The number of fused-ring (bicyclic) bond motifs is 3. The standard InChI is InChI=1S/C50H77F3O/c1-4-35-11-7-12-36(17-16-35)18-21-39-22-19-38(29-48(39)50(51,52)53)13-8-14-49(54)43-20-15-33(2)46(32-43)41-23-24-42-31-47(42)45-26-25-40(28-37-9-5-6-10-37)34(3)27-44(45)30-41/h4,18,31,33,37-41,43-49,54H,3,5-17,19-30,32H2,1-2H3. The highest BCUT2D eigenvalue weighted by atomic mass is 19.4. The van der Waals surface area contributed by atoms with Crippen LogP contribution in [-0.4, -0.2) is 17.4 Å². The third kappa shape index (κ3) is 10.4. The highest BCUT2D eigenvalue weighted by Crippen LogP contribution is 2.56. The molecule has 0 saturated heterocycles. The van der Waals surface area contributed by atoms with E-state index in [1.807, 2.05) is 0 Å². The molecular weight excluding hydrogens is 674 g/mol. The van der Waals surface area contributed by atoms with Crippen molar-refractivity contribution in [2.45, 2.75) is 193 Å². The molecule has 0 amide bonds. The number of aliphatic hydroxyl groups excluding tert-OH is 1. The van der Waals surface area contributed by atoms with Gasteiger partial charge in [0.25, 0.3) is 0 Å². The average molecular weight is 751 g/mol. The molecule has 12 unspecified atom stereocenters. The van der Waals surface area contributed by atoms with E-state index in [1.165, 1.54) is 88.2 Å². The van der Waals surface area contributed by atoms with Gasteiger partial charge in [0.05, 0.1) is 12.0 Å². The lowest BCUT2D eigenvalue weighted by Gasteiger charge is -2.43. The van der Waals surface area contributed by atoms with Crippen LogP contribution >= 0.6 is 0 Å². The monoisotopic (exact) mass is 751 g/mol. The van der Waals surface area contributed by atoms with Gasteiger partial charge in [-0.1, -0.05) is 105 Å². The van der Waals surface area contributed by atoms with Gasteiger partial charge in [0.2, 0.25) is 0 Å². The quantitative estimate of drug-likeness (QED) is 0.174. The Morgan fingerprint density at radius 3 is 2.41 bits per heavy atom. The summed E-state index contributed by atoms with van der Waals surface area (Å²) in [6.07, 6.45) is 31.5. The Labute approximate surface area is 328 Å². The number of aliphatic hydroxyl groups is 1. The van der Waals surface area contributed by atoms with E-state index in [9.17, 15) is 18.3 Å². The zero-order valence-corrected chi connectivity index (χ0v) is 34.4. The van der Waals surface area contributed by atoms with Crippen LogP contribution in [0.25, 0.3) is 0 Å². The molecular formula is C50H77F3O. The Bertz CT molecular complexity index is 1330. The number of hydrogen-bond acceptors (Lipinski definition) is 1. The Kier molecular flexibility index (Phi) is 14.0. The van der Waals surface area contributed by atoms with E-state index in [4.69, 9.17) is 6.58 Å². The summed E-state index contributed by atoms with van der Waals surface area (Å²) >= 11 is 0. The fourth-order valence-corrected chi connectivity index (χ4v) is 13.7. The second-order valence-corrected chi connectivity index (χ2v) is 20.4. The van der Waals surface area contributed by atoms with Crippen LogP contribution < -0.4 is 0 Å². The first-order valence-corrected chi connectivity index (χ1v) is 23.5. The van der Waals surface area contributed by atoms with Gasteiger partial charge in [0.15, 0.2) is 0 Å². The summed E-state index contributed by atoms with van der Waals surface area (Å²) in [6, 6.07) is 0. The molecule has 7 aliphatic carbocycles. The molecule has 6 saturated carbocycles. The predicted octanol–water partition coefficient (Wildman–Crippen LogP) is 14.9. The molecule has 54 heavy (non-hydrogen) atoms. The van der Waals surface area contributed by atoms with Crippen LogP contribution in [0.4, 0.5) is 13.2 Å². The third-order valence-corrected chi connectivity index (χ3v) is 17.2. The van der Waals surface area contributed by atoms with Gasteiger partial charge in [-0.2, -0.15) is 13.2 Å². The van der Waals surface area contributed by atoms with Crippen LogP contribution in [0.1, 0.15) is 181 Å². The summed E-state index contributed by atoms with van der Waals surface area (Å²) in [5.74, 6) is 5.22. The maximum Gasteiger partial charge on any atom is 0.392 e. The molecule has 4 heteroatoms. The molecule has 6 fully saturated rings. The topological polar surface area (TPSA) is 20.2 Å².